The van der Waals surface area contributed by atoms with E-state index in [1.54, 1.807) is 30.0 Å². The Morgan fingerprint density at radius 3 is 2.27 bits per heavy atom. The minimum absolute atomic E-state index is 0.142. The zero-order valence-corrected chi connectivity index (χ0v) is 28.9. The third-order valence-electron chi connectivity index (χ3n) is 7.71. The van der Waals surface area contributed by atoms with Crippen molar-refractivity contribution in [2.75, 3.05) is 6.61 Å². The van der Waals surface area contributed by atoms with Gasteiger partial charge in [-0.3, -0.25) is 4.68 Å². The summed E-state index contributed by atoms with van der Waals surface area (Å²) in [5.41, 5.74) is 5.91. The van der Waals surface area contributed by atoms with Crippen molar-refractivity contribution >= 4 is 46.2 Å². The maximum atomic E-state index is 13.0. The average molecular weight is 658 g/mol. The van der Waals surface area contributed by atoms with E-state index in [4.69, 9.17) is 32.7 Å². The topological polar surface area (TPSA) is 108 Å². The Kier molecular flexibility index (Phi) is 10.1. The molecule has 9 nitrogen and oxygen atoms in total. The predicted octanol–water partition coefficient (Wildman–Crippen LogP) is 8.21. The second kappa shape index (κ2) is 13.3. The average Bonchev–Trinajstić information content (AvgIpc) is 3.35. The molecular weight excluding hydrogens is 615 g/mol. The van der Waals surface area contributed by atoms with Gasteiger partial charge in [0.2, 0.25) is 0 Å². The number of ether oxygens (including phenoxy) is 2. The quantitative estimate of drug-likeness (QED) is 0.167. The molecule has 0 unspecified atom stereocenters. The van der Waals surface area contributed by atoms with E-state index in [2.05, 4.69) is 10.4 Å². The van der Waals surface area contributed by atoms with Gasteiger partial charge in [0.15, 0.2) is 0 Å². The third-order valence-corrected chi connectivity index (χ3v) is 8.62. The maximum absolute atomic E-state index is 13.0. The predicted molar refractivity (Wildman–Crippen MR) is 179 cm³/mol. The second-order valence-electron chi connectivity index (χ2n) is 12.6. The van der Waals surface area contributed by atoms with Gasteiger partial charge >= 0.3 is 12.1 Å². The molecule has 1 atom stereocenters. The van der Waals surface area contributed by atoms with Crippen molar-refractivity contribution < 1.29 is 24.2 Å². The number of nitrogens with one attached hydrogen (secondary N) is 1. The fourth-order valence-electron chi connectivity index (χ4n) is 5.80. The summed E-state index contributed by atoms with van der Waals surface area (Å²) in [5, 5.41) is 20.1. The Balaban J connectivity index is 1.80. The highest BCUT2D eigenvalue weighted by Gasteiger charge is 2.29. The Morgan fingerprint density at radius 2 is 1.71 bits per heavy atom. The van der Waals surface area contributed by atoms with Crippen molar-refractivity contribution in [2.45, 2.75) is 86.4 Å². The largest absolute Gasteiger partial charge is 0.494 e. The molecule has 4 rings (SSSR count). The lowest BCUT2D eigenvalue weighted by atomic mass is 9.98. The smallest absolute Gasteiger partial charge is 0.407 e. The van der Waals surface area contributed by atoms with Crippen LogP contribution in [0.1, 0.15) is 72.7 Å². The molecule has 0 aliphatic carbocycles. The summed E-state index contributed by atoms with van der Waals surface area (Å²) in [5.74, 6) is -0.355. The Hall–Kier alpha value is -3.69. The number of alkyl carbamates (subject to hydrolysis) is 1. The molecule has 4 aromatic rings. The van der Waals surface area contributed by atoms with Crippen LogP contribution < -0.4 is 10.1 Å². The number of carboxylic acids is 1. The number of aryl methyl sites for hydroxylation is 5. The minimum Gasteiger partial charge on any atom is -0.494 e. The lowest BCUT2D eigenvalue weighted by Crippen LogP contribution is -2.40. The van der Waals surface area contributed by atoms with Gasteiger partial charge in [0, 0.05) is 46.9 Å². The second-order valence-corrected chi connectivity index (χ2v) is 13.4. The fraction of sp³-hybridized carbons (Fsp3) is 0.441. The number of hydrogen-bond acceptors (Lipinski definition) is 5. The molecule has 2 aromatic heterocycles. The number of carbonyl (C=O) groups is 2. The number of halogens is 2. The van der Waals surface area contributed by atoms with Crippen molar-refractivity contribution in [1.29, 1.82) is 0 Å². The fourth-order valence-corrected chi connectivity index (χ4v) is 6.16. The number of aromatic carboxylic acids is 1. The first-order valence-corrected chi connectivity index (χ1v) is 15.7. The van der Waals surface area contributed by atoms with Crippen LogP contribution in [0.4, 0.5) is 4.79 Å². The number of amides is 1. The van der Waals surface area contributed by atoms with Gasteiger partial charge in [-0.15, -0.1) is 0 Å². The molecule has 0 aliphatic rings. The van der Waals surface area contributed by atoms with Crippen LogP contribution in [0.25, 0.3) is 22.0 Å². The number of fused-ring (bicyclic) bond motifs is 1. The van der Waals surface area contributed by atoms with Gasteiger partial charge in [0.25, 0.3) is 0 Å². The minimum atomic E-state index is -1.07. The lowest BCUT2D eigenvalue weighted by molar-refractivity contribution is 0.0504. The van der Waals surface area contributed by atoms with Crippen LogP contribution in [0, 0.1) is 27.7 Å². The van der Waals surface area contributed by atoms with Crippen molar-refractivity contribution in [3.63, 3.8) is 0 Å². The Morgan fingerprint density at radius 1 is 1.07 bits per heavy atom. The number of carbonyl (C=O) groups excluding carboxylic acids is 1. The third kappa shape index (κ3) is 7.42. The summed E-state index contributed by atoms with van der Waals surface area (Å²) in [6.07, 6.45) is 0.427. The van der Waals surface area contributed by atoms with E-state index in [1.165, 1.54) is 0 Å². The molecule has 0 fully saturated rings. The zero-order valence-electron chi connectivity index (χ0n) is 27.4. The molecule has 2 heterocycles. The maximum Gasteiger partial charge on any atom is 0.407 e. The molecule has 11 heteroatoms. The SMILES string of the molecule is Cc1cc(OCCCc2c(C(=O)O)n(C[C@@H](C)NC(=O)OC(C)(C)C)c3c(-c4c(C)nn(C)c4C)c(Cl)ccc23)cc(C)c1Cl. The first-order chi connectivity index (χ1) is 21.0. The van der Waals surface area contributed by atoms with Gasteiger partial charge in [-0.25, -0.2) is 9.59 Å². The number of nitrogens with zero attached hydrogens (tertiary/aromatic N) is 3. The Bertz CT molecular complexity index is 1740. The molecule has 0 saturated heterocycles. The van der Waals surface area contributed by atoms with Crippen LogP contribution in [0.15, 0.2) is 24.3 Å². The highest BCUT2D eigenvalue weighted by atomic mass is 35.5. The molecule has 2 aromatic carbocycles. The molecule has 242 valence electrons. The summed E-state index contributed by atoms with van der Waals surface area (Å²) in [6.45, 7) is 15.5. The summed E-state index contributed by atoms with van der Waals surface area (Å²) < 4.78 is 15.1. The highest BCUT2D eigenvalue weighted by molar-refractivity contribution is 6.35. The summed E-state index contributed by atoms with van der Waals surface area (Å²) in [4.78, 5) is 25.6. The molecule has 0 saturated carbocycles. The highest BCUT2D eigenvalue weighted by Crippen LogP contribution is 2.42. The molecule has 0 spiro atoms. The van der Waals surface area contributed by atoms with Crippen molar-refractivity contribution in [3.8, 4) is 16.9 Å². The molecule has 1 amide bonds. The van der Waals surface area contributed by atoms with E-state index in [1.807, 2.05) is 65.9 Å². The normalized spacial score (nSPS) is 12.4. The molecule has 0 radical (unpaired) electrons. The van der Waals surface area contributed by atoms with Crippen LogP contribution in [-0.4, -0.2) is 49.8 Å². The van der Waals surface area contributed by atoms with Crippen LogP contribution in [-0.2, 0) is 24.8 Å². The molecule has 0 aliphatic heterocycles. The van der Waals surface area contributed by atoms with Gasteiger partial charge in [-0.05, 0) is 103 Å². The monoisotopic (exact) mass is 656 g/mol. The van der Waals surface area contributed by atoms with Crippen LogP contribution in [0.3, 0.4) is 0 Å². The van der Waals surface area contributed by atoms with Gasteiger partial charge in [-0.2, -0.15) is 5.10 Å². The van der Waals surface area contributed by atoms with E-state index in [-0.39, 0.29) is 12.2 Å². The van der Waals surface area contributed by atoms with Crippen molar-refractivity contribution in [2.24, 2.45) is 7.05 Å². The van der Waals surface area contributed by atoms with E-state index < -0.39 is 23.7 Å². The van der Waals surface area contributed by atoms with E-state index in [9.17, 15) is 14.7 Å². The van der Waals surface area contributed by atoms with Gasteiger partial charge < -0.3 is 24.5 Å². The number of benzene rings is 2. The van der Waals surface area contributed by atoms with Crippen LogP contribution in [0.2, 0.25) is 10.0 Å². The summed E-state index contributed by atoms with van der Waals surface area (Å²) in [6, 6.07) is 7.01. The molecular formula is C34H42Cl2N4O5. The molecule has 0 bridgehead atoms. The molecule has 45 heavy (non-hydrogen) atoms. The van der Waals surface area contributed by atoms with Gasteiger partial charge in [-0.1, -0.05) is 29.3 Å². The summed E-state index contributed by atoms with van der Waals surface area (Å²) in [7, 11) is 1.86. The zero-order chi connectivity index (χ0) is 33.4. The van der Waals surface area contributed by atoms with E-state index >= 15 is 0 Å². The number of hydrogen-bond donors (Lipinski definition) is 2. The van der Waals surface area contributed by atoms with Crippen molar-refractivity contribution in [1.82, 2.24) is 19.7 Å². The number of aromatic nitrogens is 3. The number of carboxylic acid groups (broad SMARTS) is 1. The van der Waals surface area contributed by atoms with Gasteiger partial charge in [0.05, 0.1) is 22.8 Å². The molecule has 2 N–H and O–H groups in total. The van der Waals surface area contributed by atoms with E-state index in [0.717, 1.165) is 33.5 Å². The standard InChI is InChI=1S/C34H42Cl2N4O5/c1-18-15-23(16-19(2)29(18)36)44-14-10-11-24-25-12-13-26(35)28(27-21(4)38-39(9)22(27)5)30(25)40(31(24)32(41)42)17-20(3)37-33(43)45-34(6,7)8/h12-13,15-16,20H,10-11,14,17H2,1-9H3,(H,37,43)(H,41,42)/t20-/m1/s1. The van der Waals surface area contributed by atoms with Crippen LogP contribution in [0.5, 0.6) is 5.75 Å². The first kappa shape index (κ1) is 34.2. The Labute approximate surface area is 274 Å². The van der Waals surface area contributed by atoms with Crippen molar-refractivity contribution in [3.05, 3.63) is 68.1 Å². The van der Waals surface area contributed by atoms with E-state index in [0.29, 0.717) is 51.9 Å². The first-order valence-electron chi connectivity index (χ1n) is 15.0. The van der Waals surface area contributed by atoms with Gasteiger partial charge in [0.1, 0.15) is 17.0 Å². The summed E-state index contributed by atoms with van der Waals surface area (Å²) >= 11 is 13.2. The van der Waals surface area contributed by atoms with Crippen LogP contribution >= 0.6 is 23.2 Å². The lowest BCUT2D eigenvalue weighted by Gasteiger charge is -2.23. The number of rotatable bonds is 10.